The molecule has 6 heteroatoms. The number of ketones is 1. The molecule has 3 saturated carbocycles. The van der Waals surface area contributed by atoms with Crippen LogP contribution in [-0.2, 0) is 4.79 Å². The predicted octanol–water partition coefficient (Wildman–Crippen LogP) is 2.99. The molecule has 3 fully saturated rings. The highest BCUT2D eigenvalue weighted by atomic mass is 16.3. The maximum atomic E-state index is 13.3. The first-order valence-corrected chi connectivity index (χ1v) is 13.3. The number of carbonyl (C=O) groups is 1. The average molecular weight is 479 g/mol. The van der Waals surface area contributed by atoms with E-state index in [9.17, 15) is 30.3 Å². The zero-order valence-electron chi connectivity index (χ0n) is 21.8. The van der Waals surface area contributed by atoms with Crippen molar-refractivity contribution in [2.75, 3.05) is 0 Å². The van der Waals surface area contributed by atoms with Crippen LogP contribution in [0.4, 0.5) is 0 Å². The van der Waals surface area contributed by atoms with E-state index in [0.717, 1.165) is 12.0 Å². The molecular weight excluding hydrogens is 432 g/mol. The second-order valence-electron chi connectivity index (χ2n) is 13.3. The van der Waals surface area contributed by atoms with Crippen molar-refractivity contribution in [3.8, 4) is 0 Å². The van der Waals surface area contributed by atoms with E-state index in [4.69, 9.17) is 0 Å². The van der Waals surface area contributed by atoms with Gasteiger partial charge < -0.3 is 25.5 Å². The lowest BCUT2D eigenvalue weighted by Gasteiger charge is -2.60. The van der Waals surface area contributed by atoms with E-state index in [1.807, 2.05) is 13.8 Å². The molecule has 34 heavy (non-hydrogen) atoms. The topological polar surface area (TPSA) is 118 Å². The first-order valence-electron chi connectivity index (χ1n) is 13.3. The molecule has 6 nitrogen and oxygen atoms in total. The van der Waals surface area contributed by atoms with Gasteiger partial charge in [0.25, 0.3) is 0 Å². The molecule has 0 aromatic heterocycles. The molecule has 0 saturated heterocycles. The molecule has 194 valence electrons. The van der Waals surface area contributed by atoms with Crippen LogP contribution in [0.25, 0.3) is 0 Å². The third-order valence-corrected chi connectivity index (χ3v) is 11.2. The second kappa shape index (κ2) is 8.37. The number of fused-ring (bicyclic) bond motifs is 5. The standard InChI is InChI=1S/C28H46O6/c1-15(2)16(3)11-24(32)27(6,33)23-8-10-28(34)18-12-20(29)19-13-21(30)22(31)14-25(19,4)17(18)7-9-26(23,28)5/h12,15-17,19,21-24,30-34H,7-11,13-14H2,1-6H3/t16-,17-,19-,21+,22-,23-,24+,25+,26+,27?,28+/m0/s1. The second-order valence-corrected chi connectivity index (χ2v) is 13.3. The SMILES string of the molecule is CC(C)[C@@H](C)C[C@@H](O)C(C)(O)[C@H]1CC[C@@]2(O)C3=CC(=O)[C@@H]4C[C@@H](O)[C@@H](O)C[C@]4(C)[C@H]3CC[C@]12C. The van der Waals surface area contributed by atoms with Crippen molar-refractivity contribution in [3.05, 3.63) is 11.6 Å². The van der Waals surface area contributed by atoms with Gasteiger partial charge in [-0.3, -0.25) is 4.79 Å². The first-order chi connectivity index (χ1) is 15.6. The van der Waals surface area contributed by atoms with Gasteiger partial charge in [0.05, 0.1) is 29.5 Å². The molecule has 4 aliphatic rings. The van der Waals surface area contributed by atoms with Crippen molar-refractivity contribution in [2.45, 2.75) is 116 Å². The quantitative estimate of drug-likeness (QED) is 0.415. The lowest BCUT2D eigenvalue weighted by molar-refractivity contribution is -0.177. The number of hydrogen-bond donors (Lipinski definition) is 5. The Morgan fingerprint density at radius 2 is 1.74 bits per heavy atom. The van der Waals surface area contributed by atoms with Crippen molar-refractivity contribution in [3.63, 3.8) is 0 Å². The molecule has 4 rings (SSSR count). The fourth-order valence-corrected chi connectivity index (χ4v) is 8.40. The van der Waals surface area contributed by atoms with Crippen LogP contribution in [0.5, 0.6) is 0 Å². The summed E-state index contributed by atoms with van der Waals surface area (Å²) < 4.78 is 0. The predicted molar refractivity (Wildman–Crippen MR) is 130 cm³/mol. The molecule has 0 heterocycles. The molecule has 1 unspecified atom stereocenters. The summed E-state index contributed by atoms with van der Waals surface area (Å²) in [7, 11) is 0. The van der Waals surface area contributed by atoms with Crippen LogP contribution >= 0.6 is 0 Å². The van der Waals surface area contributed by atoms with Gasteiger partial charge in [0, 0.05) is 11.3 Å². The summed E-state index contributed by atoms with van der Waals surface area (Å²) in [6, 6.07) is 0. The summed E-state index contributed by atoms with van der Waals surface area (Å²) in [5.41, 5.74) is -3.03. The van der Waals surface area contributed by atoms with Crippen LogP contribution in [0.2, 0.25) is 0 Å². The van der Waals surface area contributed by atoms with E-state index in [-0.39, 0.29) is 35.9 Å². The van der Waals surface area contributed by atoms with Gasteiger partial charge in [-0.15, -0.1) is 0 Å². The van der Waals surface area contributed by atoms with Crippen molar-refractivity contribution in [2.24, 2.45) is 40.4 Å². The highest BCUT2D eigenvalue weighted by Gasteiger charge is 2.69. The van der Waals surface area contributed by atoms with E-state index in [1.54, 1.807) is 13.0 Å². The monoisotopic (exact) mass is 478 g/mol. The van der Waals surface area contributed by atoms with Gasteiger partial charge >= 0.3 is 0 Å². The summed E-state index contributed by atoms with van der Waals surface area (Å²) in [6.45, 7) is 12.1. The zero-order valence-corrected chi connectivity index (χ0v) is 21.8. The molecule has 0 aliphatic heterocycles. The maximum absolute atomic E-state index is 13.3. The van der Waals surface area contributed by atoms with E-state index in [1.165, 1.54) is 0 Å². The minimum Gasteiger partial charge on any atom is -0.390 e. The number of aliphatic hydroxyl groups excluding tert-OH is 3. The molecule has 0 radical (unpaired) electrons. The Balaban J connectivity index is 1.68. The molecule has 0 bridgehead atoms. The number of aliphatic hydroxyl groups is 5. The molecule has 5 N–H and O–H groups in total. The Bertz CT molecular complexity index is 850. The number of rotatable bonds is 5. The van der Waals surface area contributed by atoms with Crippen LogP contribution < -0.4 is 0 Å². The van der Waals surface area contributed by atoms with Gasteiger partial charge in [-0.05, 0) is 92.6 Å². The van der Waals surface area contributed by atoms with Crippen LogP contribution in [0.15, 0.2) is 11.6 Å². The lowest BCUT2D eigenvalue weighted by Crippen LogP contribution is -2.62. The van der Waals surface area contributed by atoms with Gasteiger partial charge in [-0.2, -0.15) is 0 Å². The highest BCUT2D eigenvalue weighted by molar-refractivity contribution is 5.95. The molecule has 0 spiro atoms. The van der Waals surface area contributed by atoms with Gasteiger partial charge in [-0.1, -0.05) is 34.6 Å². The smallest absolute Gasteiger partial charge is 0.159 e. The average Bonchev–Trinajstić information content (AvgIpc) is 3.02. The Morgan fingerprint density at radius 3 is 2.35 bits per heavy atom. The van der Waals surface area contributed by atoms with Crippen molar-refractivity contribution < 1.29 is 30.3 Å². The van der Waals surface area contributed by atoms with Gasteiger partial charge in [-0.25, -0.2) is 0 Å². The Hall–Kier alpha value is -0.790. The van der Waals surface area contributed by atoms with E-state index >= 15 is 0 Å². The molecule has 0 amide bonds. The Morgan fingerprint density at radius 1 is 1.09 bits per heavy atom. The molecule has 0 aromatic rings. The number of allylic oxidation sites excluding steroid dienone is 1. The zero-order chi connectivity index (χ0) is 25.4. The summed E-state index contributed by atoms with van der Waals surface area (Å²) >= 11 is 0. The largest absolute Gasteiger partial charge is 0.390 e. The fraction of sp³-hybridized carbons (Fsp3) is 0.893. The normalized spacial score (nSPS) is 47.8. The molecule has 11 atom stereocenters. The molecule has 0 aromatic carbocycles. The summed E-state index contributed by atoms with van der Waals surface area (Å²) in [6.07, 6.45) is 2.51. The van der Waals surface area contributed by atoms with Gasteiger partial charge in [0.2, 0.25) is 0 Å². The molecule has 4 aliphatic carbocycles. The number of carbonyl (C=O) groups excluding carboxylic acids is 1. The van der Waals surface area contributed by atoms with Gasteiger partial charge in [0.1, 0.15) is 0 Å². The van der Waals surface area contributed by atoms with Crippen LogP contribution in [-0.4, -0.2) is 60.8 Å². The maximum Gasteiger partial charge on any atom is 0.159 e. The van der Waals surface area contributed by atoms with Crippen LogP contribution in [0, 0.1) is 40.4 Å². The summed E-state index contributed by atoms with van der Waals surface area (Å²) in [5.74, 6) is -0.126. The van der Waals surface area contributed by atoms with Gasteiger partial charge in [0.15, 0.2) is 5.78 Å². The molecular formula is C28H46O6. The van der Waals surface area contributed by atoms with Crippen LogP contribution in [0.3, 0.4) is 0 Å². The first kappa shape index (κ1) is 26.3. The Labute approximate surface area is 204 Å². The van der Waals surface area contributed by atoms with Crippen molar-refractivity contribution in [1.29, 1.82) is 0 Å². The van der Waals surface area contributed by atoms with E-state index in [2.05, 4.69) is 20.8 Å². The summed E-state index contributed by atoms with van der Waals surface area (Å²) in [4.78, 5) is 13.3. The fourth-order valence-electron chi connectivity index (χ4n) is 8.40. The highest BCUT2D eigenvalue weighted by Crippen LogP contribution is 2.68. The third kappa shape index (κ3) is 3.58. The van der Waals surface area contributed by atoms with Crippen molar-refractivity contribution in [1.82, 2.24) is 0 Å². The lowest BCUT2D eigenvalue weighted by atomic mass is 9.45. The summed E-state index contributed by atoms with van der Waals surface area (Å²) in [5, 5.41) is 55.8. The van der Waals surface area contributed by atoms with Crippen LogP contribution in [0.1, 0.15) is 86.5 Å². The van der Waals surface area contributed by atoms with Crippen molar-refractivity contribution >= 4 is 5.78 Å². The number of hydrogen-bond acceptors (Lipinski definition) is 6. The Kier molecular flexibility index (Phi) is 6.47. The van der Waals surface area contributed by atoms with E-state index < -0.39 is 40.3 Å². The van der Waals surface area contributed by atoms with E-state index in [0.29, 0.717) is 38.0 Å². The third-order valence-electron chi connectivity index (χ3n) is 11.2. The minimum absolute atomic E-state index is 0.0509. The minimum atomic E-state index is -1.36.